The van der Waals surface area contributed by atoms with Gasteiger partial charge in [-0.2, -0.15) is 0 Å². The molecular weight excluding hydrogens is 305 g/mol. The number of halogens is 1. The fraction of sp³-hybridized carbons (Fsp3) is 0.188. The Bertz CT molecular complexity index is 816. The maximum atomic E-state index is 13.2. The van der Waals surface area contributed by atoms with Crippen LogP contribution in [0.4, 0.5) is 4.39 Å². The fourth-order valence-corrected chi connectivity index (χ4v) is 2.96. The van der Waals surface area contributed by atoms with E-state index in [9.17, 15) is 17.6 Å². The summed E-state index contributed by atoms with van der Waals surface area (Å²) in [5, 5.41) is 2.65. The molecule has 0 aromatic heterocycles. The summed E-state index contributed by atoms with van der Waals surface area (Å²) < 4.78 is 36.6. The Morgan fingerprint density at radius 2 is 1.86 bits per heavy atom. The van der Waals surface area contributed by atoms with Crippen LogP contribution in [0.2, 0.25) is 0 Å². The predicted octanol–water partition coefficient (Wildman–Crippen LogP) is 2.47. The van der Waals surface area contributed by atoms with Crippen LogP contribution in [-0.2, 0) is 16.4 Å². The lowest BCUT2D eigenvalue weighted by Crippen LogP contribution is -2.24. The molecule has 0 heterocycles. The van der Waals surface area contributed by atoms with Crippen molar-refractivity contribution in [2.45, 2.75) is 18.4 Å². The lowest BCUT2D eigenvalue weighted by molar-refractivity contribution is 0.0947. The molecule has 1 amide bonds. The first-order valence-corrected chi connectivity index (χ1v) is 8.50. The van der Waals surface area contributed by atoms with Crippen LogP contribution < -0.4 is 5.32 Å². The number of aryl methyl sites for hydroxylation is 1. The van der Waals surface area contributed by atoms with Crippen molar-refractivity contribution < 1.29 is 17.6 Å². The van der Waals surface area contributed by atoms with Crippen LogP contribution in [0, 0.1) is 12.7 Å². The van der Waals surface area contributed by atoms with E-state index in [0.717, 1.165) is 11.8 Å². The molecule has 1 N–H and O–H groups in total. The zero-order valence-corrected chi connectivity index (χ0v) is 13.1. The van der Waals surface area contributed by atoms with Crippen LogP contribution in [0.15, 0.2) is 47.4 Å². The summed E-state index contributed by atoms with van der Waals surface area (Å²) >= 11 is 0. The highest BCUT2D eigenvalue weighted by Gasteiger charge is 2.17. The van der Waals surface area contributed by atoms with Crippen molar-refractivity contribution in [1.82, 2.24) is 5.32 Å². The summed E-state index contributed by atoms with van der Waals surface area (Å²) in [5.41, 5.74) is 1.33. The number of carbonyl (C=O) groups excluding carboxylic acids is 1. The van der Waals surface area contributed by atoms with Gasteiger partial charge in [-0.3, -0.25) is 4.79 Å². The highest BCUT2D eigenvalue weighted by molar-refractivity contribution is 7.90. The topological polar surface area (TPSA) is 63.2 Å². The van der Waals surface area contributed by atoms with E-state index in [0.29, 0.717) is 5.56 Å². The first-order chi connectivity index (χ1) is 10.3. The summed E-state index contributed by atoms with van der Waals surface area (Å²) in [6.07, 6.45) is 1.06. The van der Waals surface area contributed by atoms with Gasteiger partial charge in [-0.1, -0.05) is 24.3 Å². The van der Waals surface area contributed by atoms with Crippen molar-refractivity contribution in [3.63, 3.8) is 0 Å². The molecule has 0 aliphatic rings. The molecule has 22 heavy (non-hydrogen) atoms. The summed E-state index contributed by atoms with van der Waals surface area (Å²) in [4.78, 5) is 12.2. The highest BCUT2D eigenvalue weighted by Crippen LogP contribution is 2.15. The number of amides is 1. The molecule has 116 valence electrons. The molecule has 0 bridgehead atoms. The van der Waals surface area contributed by atoms with Crippen LogP contribution in [-0.4, -0.2) is 20.6 Å². The Balaban J connectivity index is 2.18. The summed E-state index contributed by atoms with van der Waals surface area (Å²) in [6, 6.07) is 10.6. The largest absolute Gasteiger partial charge is 0.348 e. The number of hydrogen-bond acceptors (Lipinski definition) is 3. The Morgan fingerprint density at radius 3 is 2.50 bits per heavy atom. The molecule has 0 atom stereocenters. The number of sulfone groups is 1. The predicted molar refractivity (Wildman–Crippen MR) is 81.9 cm³/mol. The maximum Gasteiger partial charge on any atom is 0.252 e. The van der Waals surface area contributed by atoms with Gasteiger partial charge in [0, 0.05) is 12.8 Å². The van der Waals surface area contributed by atoms with Crippen molar-refractivity contribution in [2.24, 2.45) is 0 Å². The van der Waals surface area contributed by atoms with Gasteiger partial charge in [0.25, 0.3) is 5.91 Å². The van der Waals surface area contributed by atoms with E-state index in [1.54, 1.807) is 31.2 Å². The van der Waals surface area contributed by atoms with E-state index in [2.05, 4.69) is 5.32 Å². The minimum absolute atomic E-state index is 0.0113. The molecular formula is C16H16FNO3S. The average Bonchev–Trinajstić information content (AvgIpc) is 2.47. The Morgan fingerprint density at radius 1 is 1.18 bits per heavy atom. The van der Waals surface area contributed by atoms with Crippen molar-refractivity contribution in [3.8, 4) is 0 Å². The van der Waals surface area contributed by atoms with Crippen molar-refractivity contribution in [1.29, 1.82) is 0 Å². The molecule has 2 aromatic carbocycles. The zero-order valence-electron chi connectivity index (χ0n) is 12.3. The Hall–Kier alpha value is -2.21. The third-order valence-electron chi connectivity index (χ3n) is 3.21. The first-order valence-electron chi connectivity index (χ1n) is 6.61. The van der Waals surface area contributed by atoms with E-state index in [-0.39, 0.29) is 22.8 Å². The molecule has 0 aliphatic carbocycles. The third-order valence-corrected chi connectivity index (χ3v) is 4.36. The lowest BCUT2D eigenvalue weighted by Gasteiger charge is -2.09. The molecule has 0 aliphatic heterocycles. The van der Waals surface area contributed by atoms with Gasteiger partial charge in [-0.15, -0.1) is 0 Å². The number of benzene rings is 2. The number of hydrogen-bond donors (Lipinski definition) is 1. The third kappa shape index (κ3) is 3.71. The Labute approximate surface area is 128 Å². The van der Waals surface area contributed by atoms with Crippen molar-refractivity contribution in [3.05, 3.63) is 65.0 Å². The van der Waals surface area contributed by atoms with E-state index in [1.165, 1.54) is 18.2 Å². The maximum absolute atomic E-state index is 13.2. The summed E-state index contributed by atoms with van der Waals surface area (Å²) in [5.74, 6) is -0.791. The normalized spacial score (nSPS) is 11.2. The number of carbonyl (C=O) groups is 1. The number of nitrogens with one attached hydrogen (secondary N) is 1. The van der Waals surface area contributed by atoms with Gasteiger partial charge in [0.15, 0.2) is 9.84 Å². The van der Waals surface area contributed by atoms with E-state index in [4.69, 9.17) is 0 Å². The van der Waals surface area contributed by atoms with E-state index >= 15 is 0 Å². The molecule has 4 nitrogen and oxygen atoms in total. The molecule has 2 aromatic rings. The fourth-order valence-electron chi connectivity index (χ4n) is 2.07. The van der Waals surface area contributed by atoms with Crippen LogP contribution >= 0.6 is 0 Å². The first kappa shape index (κ1) is 16.2. The van der Waals surface area contributed by atoms with Gasteiger partial charge < -0.3 is 5.32 Å². The second kappa shape index (κ2) is 6.27. The average molecular weight is 321 g/mol. The second-order valence-corrected chi connectivity index (χ2v) is 7.02. The van der Waals surface area contributed by atoms with Gasteiger partial charge in [0.2, 0.25) is 0 Å². The minimum atomic E-state index is -3.48. The van der Waals surface area contributed by atoms with Crippen LogP contribution in [0.25, 0.3) is 0 Å². The summed E-state index contributed by atoms with van der Waals surface area (Å²) in [6.45, 7) is 1.83. The molecule has 0 saturated heterocycles. The van der Waals surface area contributed by atoms with E-state index < -0.39 is 15.7 Å². The molecule has 0 spiro atoms. The smallest absolute Gasteiger partial charge is 0.252 e. The second-order valence-electron chi connectivity index (χ2n) is 5.03. The quantitative estimate of drug-likeness (QED) is 0.941. The van der Waals surface area contributed by atoms with Crippen LogP contribution in [0.1, 0.15) is 21.5 Å². The molecule has 2 rings (SSSR count). The van der Waals surface area contributed by atoms with Crippen molar-refractivity contribution in [2.75, 3.05) is 6.26 Å². The van der Waals surface area contributed by atoms with E-state index in [1.807, 2.05) is 0 Å². The number of rotatable bonds is 4. The summed E-state index contributed by atoms with van der Waals surface area (Å²) in [7, 11) is -3.48. The van der Waals surface area contributed by atoms with Gasteiger partial charge in [-0.25, -0.2) is 12.8 Å². The molecule has 0 unspecified atom stereocenters. The van der Waals surface area contributed by atoms with Crippen LogP contribution in [0.3, 0.4) is 0 Å². The van der Waals surface area contributed by atoms with Gasteiger partial charge >= 0.3 is 0 Å². The van der Waals surface area contributed by atoms with Gasteiger partial charge in [-0.05, 0) is 36.2 Å². The minimum Gasteiger partial charge on any atom is -0.348 e. The molecule has 6 heteroatoms. The molecule has 0 fully saturated rings. The standard InChI is InChI=1S/C16H16FNO3S/c1-11-9-12(7-8-14(11)17)10-18-16(19)13-5-3-4-6-15(13)22(2,20)21/h3-9H,10H2,1-2H3,(H,18,19). The van der Waals surface area contributed by atoms with Gasteiger partial charge in [0.1, 0.15) is 5.82 Å². The molecule has 0 saturated carbocycles. The monoisotopic (exact) mass is 321 g/mol. The molecule has 0 radical (unpaired) electrons. The lowest BCUT2D eigenvalue weighted by atomic mass is 10.1. The van der Waals surface area contributed by atoms with Crippen LogP contribution in [0.5, 0.6) is 0 Å². The highest BCUT2D eigenvalue weighted by atomic mass is 32.2. The SMILES string of the molecule is Cc1cc(CNC(=O)c2ccccc2S(C)(=O)=O)ccc1F. The van der Waals surface area contributed by atoms with Gasteiger partial charge in [0.05, 0.1) is 10.5 Å². The Kier molecular flexibility index (Phi) is 4.61. The van der Waals surface area contributed by atoms with Crippen molar-refractivity contribution >= 4 is 15.7 Å². The zero-order chi connectivity index (χ0) is 16.3.